The molecule has 0 saturated carbocycles. The molecule has 1 aromatic rings. The van der Waals surface area contributed by atoms with Crippen LogP contribution in [0.15, 0.2) is 15.9 Å². The van der Waals surface area contributed by atoms with Gasteiger partial charge >= 0.3 is 0 Å². The number of unbranched alkanes of at least 4 members (excludes halogenated alkanes) is 1. The van der Waals surface area contributed by atoms with Crippen LogP contribution >= 0.6 is 27.3 Å². The third kappa shape index (κ3) is 4.16. The highest BCUT2D eigenvalue weighted by Crippen LogP contribution is 2.21. The van der Waals surface area contributed by atoms with Crippen LogP contribution in [-0.4, -0.2) is 25.5 Å². The molecule has 1 aromatic heterocycles. The van der Waals surface area contributed by atoms with Crippen LogP contribution in [0.25, 0.3) is 0 Å². The van der Waals surface area contributed by atoms with E-state index in [0.29, 0.717) is 6.54 Å². The summed E-state index contributed by atoms with van der Waals surface area (Å²) in [6.45, 7) is 2.45. The molecule has 16 heavy (non-hydrogen) atoms. The fourth-order valence-electron chi connectivity index (χ4n) is 1.24. The lowest BCUT2D eigenvalue weighted by Crippen LogP contribution is -2.28. The average Bonchev–Trinajstić information content (AvgIpc) is 2.61. The first-order valence-electron chi connectivity index (χ1n) is 5.12. The van der Waals surface area contributed by atoms with Gasteiger partial charge in [-0.3, -0.25) is 0 Å². The van der Waals surface area contributed by atoms with Crippen molar-refractivity contribution in [1.82, 2.24) is 4.31 Å². The van der Waals surface area contributed by atoms with Gasteiger partial charge in [0.25, 0.3) is 0 Å². The number of halogens is 1. The number of sulfonamides is 1. The normalized spacial score (nSPS) is 12.2. The topological polar surface area (TPSA) is 37.4 Å². The minimum atomic E-state index is -3.09. The predicted molar refractivity (Wildman–Crippen MR) is 72.2 cm³/mol. The number of hydrogen-bond donors (Lipinski definition) is 0. The fourth-order valence-corrected chi connectivity index (χ4v) is 4.12. The second-order valence-electron chi connectivity index (χ2n) is 3.66. The largest absolute Gasteiger partial charge is 0.214 e. The standard InChI is InChI=1S/C10H16BrNO2S2/c1-3-4-5-16(13,14)12(2)7-10-6-9(11)8-15-10/h6,8H,3-5,7H2,1-2H3. The van der Waals surface area contributed by atoms with E-state index >= 15 is 0 Å². The van der Waals surface area contributed by atoms with Crippen LogP contribution < -0.4 is 0 Å². The fraction of sp³-hybridized carbons (Fsp3) is 0.600. The maximum Gasteiger partial charge on any atom is 0.214 e. The van der Waals surface area contributed by atoms with Crippen LogP contribution in [0.4, 0.5) is 0 Å². The second-order valence-corrected chi connectivity index (χ2v) is 7.76. The number of nitrogens with zero attached hydrogens (tertiary/aromatic N) is 1. The van der Waals surface area contributed by atoms with Crippen molar-refractivity contribution in [3.05, 3.63) is 20.8 Å². The third-order valence-electron chi connectivity index (χ3n) is 2.23. The van der Waals surface area contributed by atoms with E-state index in [9.17, 15) is 8.42 Å². The molecule has 0 aliphatic carbocycles. The minimum Gasteiger partial charge on any atom is -0.212 e. The van der Waals surface area contributed by atoms with Crippen LogP contribution in [0.2, 0.25) is 0 Å². The highest BCUT2D eigenvalue weighted by Gasteiger charge is 2.17. The van der Waals surface area contributed by atoms with E-state index in [1.807, 2.05) is 18.4 Å². The number of rotatable bonds is 6. The molecule has 6 heteroatoms. The highest BCUT2D eigenvalue weighted by atomic mass is 79.9. The van der Waals surface area contributed by atoms with Gasteiger partial charge in [0.15, 0.2) is 0 Å². The molecular formula is C10H16BrNO2S2. The smallest absolute Gasteiger partial charge is 0.212 e. The van der Waals surface area contributed by atoms with E-state index in [4.69, 9.17) is 0 Å². The van der Waals surface area contributed by atoms with Gasteiger partial charge in [0.2, 0.25) is 10.0 Å². The first-order valence-corrected chi connectivity index (χ1v) is 8.41. The molecule has 0 radical (unpaired) electrons. The van der Waals surface area contributed by atoms with Crippen LogP contribution in [0.5, 0.6) is 0 Å². The van der Waals surface area contributed by atoms with Crippen molar-refractivity contribution < 1.29 is 8.42 Å². The van der Waals surface area contributed by atoms with Gasteiger partial charge in [-0.1, -0.05) is 13.3 Å². The SMILES string of the molecule is CCCCS(=O)(=O)N(C)Cc1cc(Br)cs1. The van der Waals surface area contributed by atoms with Gasteiger partial charge in [-0.15, -0.1) is 11.3 Å². The Balaban J connectivity index is 2.61. The molecule has 3 nitrogen and oxygen atoms in total. The molecular weight excluding hydrogens is 310 g/mol. The number of hydrogen-bond acceptors (Lipinski definition) is 3. The molecule has 0 aliphatic rings. The van der Waals surface area contributed by atoms with E-state index in [-0.39, 0.29) is 5.75 Å². The Hall–Kier alpha value is 0.0900. The first-order chi connectivity index (χ1) is 7.45. The zero-order chi connectivity index (χ0) is 12.2. The summed E-state index contributed by atoms with van der Waals surface area (Å²) in [4.78, 5) is 1.05. The molecule has 0 aliphatic heterocycles. The highest BCUT2D eigenvalue weighted by molar-refractivity contribution is 9.10. The molecule has 0 aromatic carbocycles. The summed E-state index contributed by atoms with van der Waals surface area (Å²) >= 11 is 4.92. The summed E-state index contributed by atoms with van der Waals surface area (Å²) < 4.78 is 26.1. The Kier molecular flexibility index (Phi) is 5.43. The summed E-state index contributed by atoms with van der Waals surface area (Å²) in [5, 5.41) is 1.96. The first kappa shape index (κ1) is 14.2. The van der Waals surface area contributed by atoms with Crippen LogP contribution in [0.1, 0.15) is 24.6 Å². The number of thiophene rings is 1. The Morgan fingerprint density at radius 1 is 1.50 bits per heavy atom. The van der Waals surface area contributed by atoms with E-state index in [1.165, 1.54) is 4.31 Å². The third-order valence-corrected chi connectivity index (χ3v) is 5.80. The van der Waals surface area contributed by atoms with Crippen molar-refractivity contribution in [2.24, 2.45) is 0 Å². The van der Waals surface area contributed by atoms with Gasteiger partial charge in [0, 0.05) is 28.3 Å². The van der Waals surface area contributed by atoms with Crippen molar-refractivity contribution in [3.8, 4) is 0 Å². The van der Waals surface area contributed by atoms with E-state index < -0.39 is 10.0 Å². The summed E-state index contributed by atoms with van der Waals surface area (Å²) in [5.41, 5.74) is 0. The Morgan fingerprint density at radius 3 is 2.69 bits per heavy atom. The Bertz CT molecular complexity index is 428. The van der Waals surface area contributed by atoms with E-state index in [1.54, 1.807) is 18.4 Å². The van der Waals surface area contributed by atoms with Crippen molar-refractivity contribution in [1.29, 1.82) is 0 Å². The molecule has 0 amide bonds. The van der Waals surface area contributed by atoms with E-state index in [0.717, 1.165) is 22.2 Å². The summed E-state index contributed by atoms with van der Waals surface area (Å²) in [6.07, 6.45) is 1.62. The van der Waals surface area contributed by atoms with Crippen LogP contribution in [0, 0.1) is 0 Å². The molecule has 92 valence electrons. The van der Waals surface area contributed by atoms with Gasteiger partial charge < -0.3 is 0 Å². The molecule has 0 unspecified atom stereocenters. The van der Waals surface area contributed by atoms with E-state index in [2.05, 4.69) is 15.9 Å². The molecule has 0 fully saturated rings. The van der Waals surface area contributed by atoms with Crippen molar-refractivity contribution in [2.45, 2.75) is 26.3 Å². The quantitative estimate of drug-likeness (QED) is 0.806. The summed E-state index contributed by atoms with van der Waals surface area (Å²) in [7, 11) is -1.45. The van der Waals surface area contributed by atoms with Crippen LogP contribution in [0.3, 0.4) is 0 Å². The zero-order valence-corrected chi connectivity index (χ0v) is 12.7. The van der Waals surface area contributed by atoms with Crippen LogP contribution in [-0.2, 0) is 16.6 Å². The van der Waals surface area contributed by atoms with Gasteiger partial charge in [-0.25, -0.2) is 8.42 Å². The molecule has 0 N–H and O–H groups in total. The molecule has 1 rings (SSSR count). The second kappa shape index (κ2) is 6.14. The molecule has 1 heterocycles. The molecule has 0 saturated heterocycles. The van der Waals surface area contributed by atoms with Crippen molar-refractivity contribution in [3.63, 3.8) is 0 Å². The van der Waals surface area contributed by atoms with Gasteiger partial charge in [0.1, 0.15) is 0 Å². The minimum absolute atomic E-state index is 0.243. The predicted octanol–water partition coefficient (Wildman–Crippen LogP) is 3.07. The summed E-state index contributed by atoms with van der Waals surface area (Å²) in [5.74, 6) is 0.243. The molecule has 0 atom stereocenters. The zero-order valence-electron chi connectivity index (χ0n) is 9.44. The van der Waals surface area contributed by atoms with Crippen molar-refractivity contribution >= 4 is 37.3 Å². The maximum atomic E-state index is 11.8. The summed E-state index contributed by atoms with van der Waals surface area (Å²) in [6, 6.07) is 1.95. The van der Waals surface area contributed by atoms with Gasteiger partial charge in [-0.2, -0.15) is 4.31 Å². The molecule has 0 spiro atoms. The average molecular weight is 326 g/mol. The van der Waals surface area contributed by atoms with Gasteiger partial charge in [0.05, 0.1) is 5.75 Å². The lowest BCUT2D eigenvalue weighted by molar-refractivity contribution is 0.468. The lowest BCUT2D eigenvalue weighted by atomic mass is 10.4. The Labute approximate surface area is 110 Å². The van der Waals surface area contributed by atoms with Gasteiger partial charge in [-0.05, 0) is 28.4 Å². The Morgan fingerprint density at radius 2 is 2.19 bits per heavy atom. The monoisotopic (exact) mass is 325 g/mol. The lowest BCUT2D eigenvalue weighted by Gasteiger charge is -2.15. The maximum absolute atomic E-state index is 11.8. The van der Waals surface area contributed by atoms with Crippen molar-refractivity contribution in [2.75, 3.05) is 12.8 Å². The molecule has 0 bridgehead atoms.